The van der Waals surface area contributed by atoms with E-state index in [1.54, 1.807) is 0 Å². The zero-order chi connectivity index (χ0) is 10.1. The summed E-state index contributed by atoms with van der Waals surface area (Å²) >= 11 is 5.04. The number of hydrogen-bond acceptors (Lipinski definition) is 2. The summed E-state index contributed by atoms with van der Waals surface area (Å²) in [4.78, 5) is 13.7. The first kappa shape index (κ1) is 10.2. The molecule has 1 unspecified atom stereocenters. The number of carbonyl (C=O) groups is 1. The summed E-state index contributed by atoms with van der Waals surface area (Å²) < 4.78 is 36.0. The molecule has 0 saturated carbocycles. The van der Waals surface area contributed by atoms with Crippen LogP contribution in [0, 0.1) is 0 Å². The Bertz CT molecular complexity index is 282. The van der Waals surface area contributed by atoms with Crippen LogP contribution in [0.5, 0.6) is 0 Å². The summed E-state index contributed by atoms with van der Waals surface area (Å²) in [5.74, 6) is 0. The lowest BCUT2D eigenvalue weighted by Crippen LogP contribution is -2.28. The van der Waals surface area contributed by atoms with Gasteiger partial charge < -0.3 is 0 Å². The van der Waals surface area contributed by atoms with Crippen LogP contribution in [0.3, 0.4) is 0 Å². The van der Waals surface area contributed by atoms with Gasteiger partial charge in [0, 0.05) is 11.8 Å². The number of nitrogens with zero attached hydrogens (tertiary/aromatic N) is 1. The van der Waals surface area contributed by atoms with Gasteiger partial charge in [0.2, 0.25) is 0 Å². The predicted octanol–water partition coefficient (Wildman–Crippen LogP) is 2.08. The van der Waals surface area contributed by atoms with Crippen LogP contribution in [-0.4, -0.2) is 23.7 Å². The van der Waals surface area contributed by atoms with E-state index in [1.165, 1.54) is 0 Å². The maximum atomic E-state index is 12.0. The van der Waals surface area contributed by atoms with Crippen molar-refractivity contribution < 1.29 is 18.0 Å². The van der Waals surface area contributed by atoms with Crippen molar-refractivity contribution in [2.45, 2.75) is 18.6 Å². The molecule has 1 heterocycles. The van der Waals surface area contributed by atoms with Crippen molar-refractivity contribution in [3.05, 3.63) is 11.6 Å². The molecule has 13 heavy (non-hydrogen) atoms. The second kappa shape index (κ2) is 3.49. The van der Waals surface area contributed by atoms with Gasteiger partial charge in [-0.3, -0.25) is 9.79 Å². The molecule has 0 N–H and O–H groups in total. The fourth-order valence-electron chi connectivity index (χ4n) is 0.872. The van der Waals surface area contributed by atoms with Crippen LogP contribution < -0.4 is 0 Å². The third-order valence-corrected chi connectivity index (χ3v) is 1.78. The predicted molar refractivity (Wildman–Crippen MR) is 41.9 cm³/mol. The highest BCUT2D eigenvalue weighted by Gasteiger charge is 2.39. The molecular weight excluding hydrogens is 207 g/mol. The van der Waals surface area contributed by atoms with E-state index < -0.39 is 17.5 Å². The molecule has 1 aliphatic heterocycles. The van der Waals surface area contributed by atoms with Crippen molar-refractivity contribution in [1.29, 1.82) is 0 Å². The molecule has 0 spiro atoms. The number of hydrogen-bond donors (Lipinski definition) is 0. The number of rotatable bonds is 1. The zero-order valence-corrected chi connectivity index (χ0v) is 7.06. The summed E-state index contributed by atoms with van der Waals surface area (Å²) in [7, 11) is 0. The number of carbonyl (C=O) groups excluding carboxylic acids is 1. The number of aliphatic imine (C=N–C) groups is 1. The average Bonchev–Trinajstić information content (AvgIpc) is 2.03. The van der Waals surface area contributed by atoms with Crippen LogP contribution >= 0.6 is 11.6 Å². The molecule has 72 valence electrons. The van der Waals surface area contributed by atoms with Crippen LogP contribution in [0.25, 0.3) is 0 Å². The third-order valence-electron chi connectivity index (χ3n) is 1.56. The summed E-state index contributed by atoms with van der Waals surface area (Å²) in [6.07, 6.45) is -2.68. The van der Waals surface area contributed by atoms with E-state index >= 15 is 0 Å². The molecule has 1 rings (SSSR count). The molecule has 0 aromatic carbocycles. The van der Waals surface area contributed by atoms with Gasteiger partial charge in [-0.2, -0.15) is 13.2 Å². The lowest BCUT2D eigenvalue weighted by atomic mass is 10.1. The molecule has 0 aromatic rings. The summed E-state index contributed by atoms with van der Waals surface area (Å²) in [5.41, 5.74) is 0.0159. The molecule has 1 atom stereocenters. The SMILES string of the molecule is O=C(Cl)C1=CCC(C(F)(F)F)N=C1. The summed E-state index contributed by atoms with van der Waals surface area (Å²) in [6.45, 7) is 0. The Labute approximate surface area is 77.1 Å². The Balaban J connectivity index is 2.69. The van der Waals surface area contributed by atoms with Gasteiger partial charge in [0.25, 0.3) is 5.24 Å². The molecule has 2 nitrogen and oxygen atoms in total. The van der Waals surface area contributed by atoms with Gasteiger partial charge in [-0.15, -0.1) is 0 Å². The minimum Gasteiger partial charge on any atom is -0.279 e. The maximum absolute atomic E-state index is 12.0. The van der Waals surface area contributed by atoms with Crippen LogP contribution in [-0.2, 0) is 4.79 Å². The van der Waals surface area contributed by atoms with Gasteiger partial charge in [0.1, 0.15) is 6.04 Å². The largest absolute Gasteiger partial charge is 0.411 e. The normalized spacial score (nSPS) is 22.8. The fourth-order valence-corrected chi connectivity index (χ4v) is 0.998. The molecule has 0 aliphatic carbocycles. The molecule has 6 heteroatoms. The first-order chi connectivity index (χ1) is 5.91. The second-order valence-corrected chi connectivity index (χ2v) is 2.85. The van der Waals surface area contributed by atoms with E-state index in [0.717, 1.165) is 12.3 Å². The topological polar surface area (TPSA) is 29.4 Å². The molecule has 0 aromatic heterocycles. The molecule has 1 aliphatic rings. The zero-order valence-electron chi connectivity index (χ0n) is 6.31. The van der Waals surface area contributed by atoms with E-state index in [-0.39, 0.29) is 12.0 Å². The van der Waals surface area contributed by atoms with E-state index in [9.17, 15) is 18.0 Å². The Morgan fingerprint density at radius 2 is 2.23 bits per heavy atom. The minimum atomic E-state index is -4.35. The monoisotopic (exact) mass is 211 g/mol. The second-order valence-electron chi connectivity index (χ2n) is 2.50. The van der Waals surface area contributed by atoms with E-state index in [4.69, 9.17) is 11.6 Å². The number of dihydropyridines is 1. The Morgan fingerprint density at radius 1 is 1.62 bits per heavy atom. The van der Waals surface area contributed by atoms with E-state index in [0.29, 0.717) is 0 Å². The van der Waals surface area contributed by atoms with E-state index in [2.05, 4.69) is 4.99 Å². The highest BCUT2D eigenvalue weighted by Crippen LogP contribution is 2.27. The highest BCUT2D eigenvalue weighted by molar-refractivity contribution is 6.70. The Morgan fingerprint density at radius 3 is 2.54 bits per heavy atom. The van der Waals surface area contributed by atoms with Crippen molar-refractivity contribution in [3.63, 3.8) is 0 Å². The lowest BCUT2D eigenvalue weighted by molar-refractivity contribution is -0.146. The van der Waals surface area contributed by atoms with Crippen LogP contribution in [0.2, 0.25) is 0 Å². The standard InChI is InChI=1S/C7H5ClF3NO/c8-6(13)4-1-2-5(12-3-4)7(9,10)11/h1,3,5H,2H2. The van der Waals surface area contributed by atoms with Gasteiger partial charge in [0.15, 0.2) is 0 Å². The van der Waals surface area contributed by atoms with Gasteiger partial charge >= 0.3 is 6.18 Å². The third kappa shape index (κ3) is 2.55. The minimum absolute atomic E-state index is 0.0159. The maximum Gasteiger partial charge on any atom is 0.411 e. The van der Waals surface area contributed by atoms with E-state index in [1.807, 2.05) is 0 Å². The van der Waals surface area contributed by atoms with Crippen LogP contribution in [0.1, 0.15) is 6.42 Å². The summed E-state index contributed by atoms with van der Waals surface area (Å²) in [5, 5.41) is -0.788. The quantitative estimate of drug-likeness (QED) is 0.611. The smallest absolute Gasteiger partial charge is 0.279 e. The van der Waals surface area contributed by atoms with Crippen molar-refractivity contribution in [2.24, 2.45) is 4.99 Å². The lowest BCUT2D eigenvalue weighted by Gasteiger charge is -2.17. The van der Waals surface area contributed by atoms with Gasteiger partial charge in [-0.05, 0) is 18.0 Å². The number of alkyl halides is 3. The van der Waals surface area contributed by atoms with Crippen LogP contribution in [0.15, 0.2) is 16.6 Å². The fraction of sp³-hybridized carbons (Fsp3) is 0.429. The average molecular weight is 212 g/mol. The molecule has 0 amide bonds. The van der Waals surface area contributed by atoms with Gasteiger partial charge in [0.05, 0.1) is 0 Å². The van der Waals surface area contributed by atoms with Gasteiger partial charge in [-0.25, -0.2) is 0 Å². The molecule has 0 saturated heterocycles. The molecular formula is C7H5ClF3NO. The molecule has 0 fully saturated rings. The summed E-state index contributed by atoms with van der Waals surface area (Å²) in [6, 6.07) is -1.74. The van der Waals surface area contributed by atoms with Crippen molar-refractivity contribution >= 4 is 23.1 Å². The van der Waals surface area contributed by atoms with Crippen molar-refractivity contribution in [3.8, 4) is 0 Å². The number of halogens is 4. The number of allylic oxidation sites excluding steroid dienone is 1. The van der Waals surface area contributed by atoms with Crippen molar-refractivity contribution in [1.82, 2.24) is 0 Å². The molecule has 0 bridgehead atoms. The highest BCUT2D eigenvalue weighted by atomic mass is 35.5. The Kier molecular flexibility index (Phi) is 2.75. The first-order valence-electron chi connectivity index (χ1n) is 3.41. The van der Waals surface area contributed by atoms with Crippen LogP contribution in [0.4, 0.5) is 13.2 Å². The molecule has 0 radical (unpaired) electrons. The van der Waals surface area contributed by atoms with Crippen molar-refractivity contribution in [2.75, 3.05) is 0 Å². The first-order valence-corrected chi connectivity index (χ1v) is 3.79. The van der Waals surface area contributed by atoms with Gasteiger partial charge in [-0.1, -0.05) is 6.08 Å². The Hall–Kier alpha value is -0.840.